The van der Waals surface area contributed by atoms with E-state index < -0.39 is 10.0 Å². The van der Waals surface area contributed by atoms with E-state index in [1.165, 1.54) is 18.2 Å². The molecule has 0 fully saturated rings. The minimum absolute atomic E-state index is 0.0409. The Bertz CT molecular complexity index is 1240. The van der Waals surface area contributed by atoms with Gasteiger partial charge in [-0.25, -0.2) is 8.42 Å². The van der Waals surface area contributed by atoms with Gasteiger partial charge in [-0.15, -0.1) is 0 Å². The lowest BCUT2D eigenvalue weighted by Crippen LogP contribution is -2.27. The standard InChI is InChI=1S/C24H25ClN2O3S/c1-15-6-5-7-20(13-15)27-31(29,30)23-14-19(9-11-22(23)25)24(28)26-18(4)21-10-8-16(2)12-17(21)3/h5-14,18,27H,1-4H3,(H,26,28). The van der Waals surface area contributed by atoms with Crippen LogP contribution in [0.15, 0.2) is 65.6 Å². The largest absolute Gasteiger partial charge is 0.346 e. The van der Waals surface area contributed by atoms with Crippen LogP contribution < -0.4 is 10.0 Å². The molecule has 7 heteroatoms. The molecule has 0 aromatic heterocycles. The van der Waals surface area contributed by atoms with Crippen molar-refractivity contribution in [2.45, 2.75) is 38.6 Å². The number of anilines is 1. The van der Waals surface area contributed by atoms with Crippen LogP contribution in [0.25, 0.3) is 0 Å². The third kappa shape index (κ3) is 5.46. The Morgan fingerprint density at radius 2 is 1.65 bits per heavy atom. The number of nitrogens with one attached hydrogen (secondary N) is 2. The van der Waals surface area contributed by atoms with E-state index in [0.717, 1.165) is 22.3 Å². The molecule has 0 aliphatic rings. The molecule has 3 rings (SSSR count). The third-order valence-corrected chi connectivity index (χ3v) is 6.86. The van der Waals surface area contributed by atoms with Gasteiger partial charge in [-0.3, -0.25) is 9.52 Å². The molecule has 31 heavy (non-hydrogen) atoms. The van der Waals surface area contributed by atoms with Crippen molar-refractivity contribution in [2.75, 3.05) is 4.72 Å². The predicted molar refractivity (Wildman–Crippen MR) is 125 cm³/mol. The molecule has 0 spiro atoms. The molecule has 2 N–H and O–H groups in total. The second kappa shape index (κ2) is 9.12. The molecule has 0 saturated carbocycles. The molecular weight excluding hydrogens is 432 g/mol. The Hall–Kier alpha value is -2.83. The van der Waals surface area contributed by atoms with Gasteiger partial charge in [-0.1, -0.05) is 47.5 Å². The Morgan fingerprint density at radius 3 is 2.32 bits per heavy atom. The first kappa shape index (κ1) is 22.8. The Balaban J connectivity index is 1.85. The molecule has 0 radical (unpaired) electrons. The predicted octanol–water partition coefficient (Wildman–Crippen LogP) is 5.56. The monoisotopic (exact) mass is 456 g/mol. The zero-order valence-corrected chi connectivity index (χ0v) is 19.4. The number of halogens is 1. The Kier molecular flexibility index (Phi) is 6.72. The summed E-state index contributed by atoms with van der Waals surface area (Å²) in [6, 6.07) is 17.0. The normalized spacial score (nSPS) is 12.3. The summed E-state index contributed by atoms with van der Waals surface area (Å²) in [6.45, 7) is 7.77. The molecule has 3 aromatic rings. The molecule has 0 aliphatic heterocycles. The smallest absolute Gasteiger partial charge is 0.263 e. The number of amides is 1. The summed E-state index contributed by atoms with van der Waals surface area (Å²) in [7, 11) is -3.97. The number of carbonyl (C=O) groups is 1. The summed E-state index contributed by atoms with van der Waals surface area (Å²) in [5.41, 5.74) is 4.78. The highest BCUT2D eigenvalue weighted by atomic mass is 35.5. The maximum atomic E-state index is 12.9. The van der Waals surface area contributed by atoms with Crippen molar-refractivity contribution in [3.63, 3.8) is 0 Å². The first-order valence-electron chi connectivity index (χ1n) is 9.84. The molecule has 0 bridgehead atoms. The summed E-state index contributed by atoms with van der Waals surface area (Å²) < 4.78 is 28.3. The third-order valence-electron chi connectivity index (χ3n) is 4.99. The summed E-state index contributed by atoms with van der Waals surface area (Å²) in [4.78, 5) is 12.7. The van der Waals surface area contributed by atoms with Gasteiger partial charge in [0.25, 0.3) is 15.9 Å². The molecule has 5 nitrogen and oxygen atoms in total. The average molecular weight is 457 g/mol. The van der Waals surface area contributed by atoms with E-state index in [-0.39, 0.29) is 27.4 Å². The van der Waals surface area contributed by atoms with Gasteiger partial charge in [0.05, 0.1) is 11.1 Å². The average Bonchev–Trinajstić information content (AvgIpc) is 2.67. The van der Waals surface area contributed by atoms with Crippen molar-refractivity contribution in [1.82, 2.24) is 5.32 Å². The zero-order valence-electron chi connectivity index (χ0n) is 17.9. The molecular formula is C24H25ClN2O3S. The maximum Gasteiger partial charge on any atom is 0.263 e. The summed E-state index contributed by atoms with van der Waals surface area (Å²) in [5, 5.41) is 2.97. The van der Waals surface area contributed by atoms with Crippen LogP contribution in [0.1, 0.15) is 45.6 Å². The van der Waals surface area contributed by atoms with Gasteiger partial charge < -0.3 is 5.32 Å². The summed E-state index contributed by atoms with van der Waals surface area (Å²) >= 11 is 6.17. The van der Waals surface area contributed by atoms with E-state index >= 15 is 0 Å². The SMILES string of the molecule is Cc1cccc(NS(=O)(=O)c2cc(C(=O)NC(C)c3ccc(C)cc3C)ccc2Cl)c1. The van der Waals surface area contributed by atoms with Crippen molar-refractivity contribution < 1.29 is 13.2 Å². The van der Waals surface area contributed by atoms with Crippen molar-refractivity contribution in [2.24, 2.45) is 0 Å². The van der Waals surface area contributed by atoms with Crippen LogP contribution in [-0.2, 0) is 10.0 Å². The van der Waals surface area contributed by atoms with Gasteiger partial charge in [-0.2, -0.15) is 0 Å². The Morgan fingerprint density at radius 1 is 0.935 bits per heavy atom. The van der Waals surface area contributed by atoms with E-state index in [0.29, 0.717) is 5.69 Å². The first-order valence-corrected chi connectivity index (χ1v) is 11.7. The van der Waals surface area contributed by atoms with Crippen LogP contribution in [0.4, 0.5) is 5.69 Å². The number of hydrogen-bond acceptors (Lipinski definition) is 3. The molecule has 3 aromatic carbocycles. The van der Waals surface area contributed by atoms with Crippen LogP contribution in [0, 0.1) is 20.8 Å². The van der Waals surface area contributed by atoms with Crippen LogP contribution in [-0.4, -0.2) is 14.3 Å². The minimum atomic E-state index is -3.97. The molecule has 0 heterocycles. The van der Waals surface area contributed by atoms with Crippen LogP contribution in [0.5, 0.6) is 0 Å². The van der Waals surface area contributed by atoms with Crippen LogP contribution in [0.3, 0.4) is 0 Å². The molecule has 1 amide bonds. The lowest BCUT2D eigenvalue weighted by molar-refractivity contribution is 0.0939. The Labute approximate surface area is 188 Å². The molecule has 162 valence electrons. The fourth-order valence-corrected chi connectivity index (χ4v) is 5.01. The van der Waals surface area contributed by atoms with E-state index in [2.05, 4.69) is 16.1 Å². The van der Waals surface area contributed by atoms with Gasteiger partial charge in [0.2, 0.25) is 0 Å². The van der Waals surface area contributed by atoms with Gasteiger partial charge in [0, 0.05) is 11.3 Å². The topological polar surface area (TPSA) is 75.3 Å². The fraction of sp³-hybridized carbons (Fsp3) is 0.208. The van der Waals surface area contributed by atoms with Crippen molar-refractivity contribution in [1.29, 1.82) is 0 Å². The maximum absolute atomic E-state index is 12.9. The van der Waals surface area contributed by atoms with E-state index in [1.807, 2.05) is 45.9 Å². The van der Waals surface area contributed by atoms with Gasteiger partial charge in [0.15, 0.2) is 0 Å². The second-order valence-electron chi connectivity index (χ2n) is 7.68. The molecule has 1 unspecified atom stereocenters. The number of aryl methyl sites for hydroxylation is 3. The van der Waals surface area contributed by atoms with Gasteiger partial charge in [-0.05, 0) is 74.7 Å². The summed E-state index contributed by atoms with van der Waals surface area (Å²) in [5.74, 6) is -0.379. The lowest BCUT2D eigenvalue weighted by atomic mass is 10.00. The van der Waals surface area contributed by atoms with Crippen LogP contribution in [0.2, 0.25) is 5.02 Å². The van der Waals surface area contributed by atoms with E-state index in [1.54, 1.807) is 18.2 Å². The minimum Gasteiger partial charge on any atom is -0.346 e. The second-order valence-corrected chi connectivity index (χ2v) is 9.73. The first-order chi connectivity index (χ1) is 14.6. The van der Waals surface area contributed by atoms with Crippen molar-refractivity contribution >= 4 is 33.2 Å². The summed E-state index contributed by atoms with van der Waals surface area (Å²) in [6.07, 6.45) is 0. The van der Waals surface area contributed by atoms with Crippen molar-refractivity contribution in [3.05, 3.63) is 93.5 Å². The number of carbonyl (C=O) groups excluding carboxylic acids is 1. The molecule has 0 aliphatic carbocycles. The highest BCUT2D eigenvalue weighted by Gasteiger charge is 2.21. The molecule has 0 saturated heterocycles. The number of sulfonamides is 1. The van der Waals surface area contributed by atoms with Crippen LogP contribution >= 0.6 is 11.6 Å². The lowest BCUT2D eigenvalue weighted by Gasteiger charge is -2.18. The number of benzene rings is 3. The van der Waals surface area contributed by atoms with Gasteiger partial charge in [0.1, 0.15) is 4.90 Å². The van der Waals surface area contributed by atoms with Crippen molar-refractivity contribution in [3.8, 4) is 0 Å². The fourth-order valence-electron chi connectivity index (χ4n) is 3.44. The van der Waals surface area contributed by atoms with Gasteiger partial charge >= 0.3 is 0 Å². The highest BCUT2D eigenvalue weighted by Crippen LogP contribution is 2.26. The molecule has 1 atom stereocenters. The van der Waals surface area contributed by atoms with E-state index in [9.17, 15) is 13.2 Å². The quantitative estimate of drug-likeness (QED) is 0.510. The highest BCUT2D eigenvalue weighted by molar-refractivity contribution is 7.92. The zero-order chi connectivity index (χ0) is 22.8. The van der Waals surface area contributed by atoms with E-state index in [4.69, 9.17) is 11.6 Å². The number of rotatable bonds is 6. The number of hydrogen-bond donors (Lipinski definition) is 2.